The van der Waals surface area contributed by atoms with E-state index < -0.39 is 0 Å². The van der Waals surface area contributed by atoms with E-state index in [1.165, 1.54) is 0 Å². The molecule has 27 heavy (non-hydrogen) atoms. The number of pyridine rings is 1. The van der Waals surface area contributed by atoms with Crippen LogP contribution in [0.5, 0.6) is 5.88 Å². The highest BCUT2D eigenvalue weighted by Crippen LogP contribution is 2.32. The maximum absolute atomic E-state index is 9.23. The van der Waals surface area contributed by atoms with Crippen molar-refractivity contribution in [3.63, 3.8) is 0 Å². The van der Waals surface area contributed by atoms with Crippen molar-refractivity contribution in [2.45, 2.75) is 26.7 Å². The molecule has 0 radical (unpaired) electrons. The van der Waals surface area contributed by atoms with Gasteiger partial charge in [0, 0.05) is 18.7 Å². The number of aromatic nitrogens is 1. The Morgan fingerprint density at radius 3 is 2.44 bits per heavy atom. The first kappa shape index (κ1) is 19.1. The maximum atomic E-state index is 9.23. The van der Waals surface area contributed by atoms with Crippen molar-refractivity contribution in [3.8, 4) is 17.1 Å². The molecule has 3 aromatic rings. The molecule has 0 aliphatic carbocycles. The summed E-state index contributed by atoms with van der Waals surface area (Å²) in [6, 6.07) is 18.3. The van der Waals surface area contributed by atoms with Crippen molar-refractivity contribution in [1.82, 2.24) is 0 Å². The molecule has 1 aliphatic heterocycles. The molecule has 1 unspecified atom stereocenters. The molecule has 2 heterocycles. The molecule has 1 N–H and O–H groups in total. The molecule has 4 rings (SSSR count). The highest BCUT2D eigenvalue weighted by molar-refractivity contribution is 5.88. The number of aliphatic hydroxyl groups is 1. The van der Waals surface area contributed by atoms with Gasteiger partial charge >= 0.3 is 12.1 Å². The molecular formula is C23H26NO3+. The Morgan fingerprint density at radius 2 is 1.81 bits per heavy atom. The molecule has 0 bridgehead atoms. The Balaban J connectivity index is 0.000000481. The smallest absolute Gasteiger partial charge is 0.379 e. The fourth-order valence-electron chi connectivity index (χ4n) is 3.11. The van der Waals surface area contributed by atoms with Gasteiger partial charge in [-0.25, -0.2) is 0 Å². The maximum Gasteiger partial charge on any atom is 0.379 e. The molecule has 1 aromatic heterocycles. The summed E-state index contributed by atoms with van der Waals surface area (Å²) >= 11 is 0. The summed E-state index contributed by atoms with van der Waals surface area (Å²) in [5, 5.41) is 11.5. The quantitative estimate of drug-likeness (QED) is 0.553. The fourth-order valence-corrected chi connectivity index (χ4v) is 3.11. The third-order valence-corrected chi connectivity index (χ3v) is 4.65. The Kier molecular flexibility index (Phi) is 6.22. The number of methoxy groups -OCH3 is 1. The highest BCUT2D eigenvalue weighted by atomic mass is 16.6. The summed E-state index contributed by atoms with van der Waals surface area (Å²) in [6.45, 7) is 4.55. The molecule has 0 saturated heterocycles. The van der Waals surface area contributed by atoms with Gasteiger partial charge in [-0.15, -0.1) is 4.57 Å². The van der Waals surface area contributed by atoms with E-state index in [9.17, 15) is 5.11 Å². The largest absolute Gasteiger partial charge is 0.434 e. The number of nitrogens with zero attached hydrogens (tertiary/aromatic N) is 1. The minimum atomic E-state index is -0.137. The van der Waals surface area contributed by atoms with Crippen LogP contribution in [-0.4, -0.2) is 18.8 Å². The predicted molar refractivity (Wildman–Crippen MR) is 108 cm³/mol. The van der Waals surface area contributed by atoms with Crippen LogP contribution in [-0.2, 0) is 11.3 Å². The zero-order valence-corrected chi connectivity index (χ0v) is 16.1. The fraction of sp³-hybridized carbons (Fsp3) is 0.261. The second-order valence-electron chi connectivity index (χ2n) is 6.32. The molecule has 4 heteroatoms. The summed E-state index contributed by atoms with van der Waals surface area (Å²) in [5.41, 5.74) is 3.02. The molecule has 1 aliphatic rings. The summed E-state index contributed by atoms with van der Waals surface area (Å²) < 4.78 is 13.6. The van der Waals surface area contributed by atoms with E-state index in [1.807, 2.05) is 62.4 Å². The van der Waals surface area contributed by atoms with Gasteiger partial charge < -0.3 is 14.6 Å². The summed E-state index contributed by atoms with van der Waals surface area (Å²) in [7, 11) is 1.70. The number of hydrogen-bond donors (Lipinski definition) is 1. The first-order valence-electron chi connectivity index (χ1n) is 9.13. The number of fused-ring (bicyclic) bond motifs is 3. The van der Waals surface area contributed by atoms with Crippen LogP contribution in [0.25, 0.3) is 22.0 Å². The average Bonchev–Trinajstić information content (AvgIpc) is 3.18. The van der Waals surface area contributed by atoms with Crippen LogP contribution < -0.4 is 9.30 Å². The van der Waals surface area contributed by atoms with Gasteiger partial charge in [-0.05, 0) is 43.0 Å². The van der Waals surface area contributed by atoms with E-state index in [4.69, 9.17) is 9.47 Å². The zero-order valence-electron chi connectivity index (χ0n) is 16.1. The van der Waals surface area contributed by atoms with Gasteiger partial charge in [-0.1, -0.05) is 42.5 Å². The SMILES string of the molecule is C/C=C\C.COC1COc2c3ccccc3cc(-c3ccc(CO)cc3)[n+]21. The minimum Gasteiger partial charge on any atom is -0.434 e. The molecule has 0 amide bonds. The molecular weight excluding hydrogens is 338 g/mol. The molecule has 2 aromatic carbocycles. The first-order valence-corrected chi connectivity index (χ1v) is 9.13. The molecule has 0 spiro atoms. The van der Waals surface area contributed by atoms with Gasteiger partial charge in [0.05, 0.1) is 12.0 Å². The van der Waals surface area contributed by atoms with Gasteiger partial charge in [0.2, 0.25) is 5.69 Å². The minimum absolute atomic E-state index is 0.0487. The van der Waals surface area contributed by atoms with Crippen LogP contribution in [0.4, 0.5) is 0 Å². The van der Waals surface area contributed by atoms with Crippen LogP contribution in [0.15, 0.2) is 66.7 Å². The van der Waals surface area contributed by atoms with Gasteiger partial charge in [0.1, 0.15) is 0 Å². The van der Waals surface area contributed by atoms with Gasteiger partial charge in [0.15, 0.2) is 6.61 Å². The lowest BCUT2D eigenvalue weighted by Gasteiger charge is -2.08. The zero-order chi connectivity index (χ0) is 19.2. The van der Waals surface area contributed by atoms with Crippen LogP contribution in [0.2, 0.25) is 0 Å². The third kappa shape index (κ3) is 3.87. The predicted octanol–water partition coefficient (Wildman–Crippen LogP) is 4.41. The molecule has 140 valence electrons. The van der Waals surface area contributed by atoms with Crippen molar-refractivity contribution >= 4 is 10.8 Å². The van der Waals surface area contributed by atoms with Gasteiger partial charge in [0.25, 0.3) is 0 Å². The van der Waals surface area contributed by atoms with Crippen molar-refractivity contribution in [1.29, 1.82) is 0 Å². The second kappa shape index (κ2) is 8.80. The van der Waals surface area contributed by atoms with Gasteiger partial charge in [-0.3, -0.25) is 0 Å². The number of allylic oxidation sites excluding steroid dienone is 2. The molecule has 4 nitrogen and oxygen atoms in total. The van der Waals surface area contributed by atoms with Crippen molar-refractivity contribution in [2.24, 2.45) is 0 Å². The monoisotopic (exact) mass is 364 g/mol. The Hall–Kier alpha value is -2.69. The molecule has 0 fully saturated rings. The highest BCUT2D eigenvalue weighted by Gasteiger charge is 2.37. The number of hydrogen-bond acceptors (Lipinski definition) is 3. The van der Waals surface area contributed by atoms with Crippen molar-refractivity contribution < 1.29 is 19.1 Å². The Morgan fingerprint density at radius 1 is 1.11 bits per heavy atom. The van der Waals surface area contributed by atoms with E-state index in [-0.39, 0.29) is 12.8 Å². The van der Waals surface area contributed by atoms with Crippen LogP contribution in [0.3, 0.4) is 0 Å². The average molecular weight is 364 g/mol. The third-order valence-electron chi connectivity index (χ3n) is 4.65. The van der Waals surface area contributed by atoms with E-state index >= 15 is 0 Å². The van der Waals surface area contributed by atoms with Gasteiger partial charge in [-0.2, -0.15) is 0 Å². The summed E-state index contributed by atoms with van der Waals surface area (Å²) in [6.07, 6.45) is 3.86. The van der Waals surface area contributed by atoms with Crippen LogP contribution in [0, 0.1) is 0 Å². The number of aliphatic hydroxyl groups excluding tert-OH is 1. The normalized spacial score (nSPS) is 15.3. The lowest BCUT2D eigenvalue weighted by atomic mass is 10.0. The molecule has 0 saturated carbocycles. The number of rotatable bonds is 3. The van der Waals surface area contributed by atoms with E-state index in [0.29, 0.717) is 6.61 Å². The topological polar surface area (TPSA) is 42.6 Å². The van der Waals surface area contributed by atoms with Crippen molar-refractivity contribution in [3.05, 3.63) is 72.3 Å². The van der Waals surface area contributed by atoms with E-state index in [1.54, 1.807) is 7.11 Å². The first-order chi connectivity index (χ1) is 13.2. The number of ether oxygens (including phenoxy) is 2. The molecule has 1 atom stereocenters. The summed E-state index contributed by atoms with van der Waals surface area (Å²) in [4.78, 5) is 0. The van der Waals surface area contributed by atoms with Crippen molar-refractivity contribution in [2.75, 3.05) is 13.7 Å². The standard InChI is InChI=1S/C19H18NO3.C4H8/c1-22-18-12-23-19-16-5-3-2-4-15(16)10-17(20(18)19)14-8-6-13(11-21)7-9-14;1-3-4-2/h2-10,18,21H,11-12H2,1H3;3-4H,1-2H3/q+1;/b;4-3-. The summed E-state index contributed by atoms with van der Waals surface area (Å²) in [5.74, 6) is 0.844. The van der Waals surface area contributed by atoms with Crippen LogP contribution in [0.1, 0.15) is 25.6 Å². The van der Waals surface area contributed by atoms with E-state index in [2.05, 4.69) is 22.8 Å². The van der Waals surface area contributed by atoms with E-state index in [0.717, 1.165) is 33.5 Å². The Bertz CT molecular complexity index is 928. The lowest BCUT2D eigenvalue weighted by Crippen LogP contribution is -2.39. The number of benzene rings is 2. The second-order valence-corrected chi connectivity index (χ2v) is 6.32. The van der Waals surface area contributed by atoms with Crippen LogP contribution >= 0.6 is 0 Å². The Labute approximate surface area is 160 Å². The lowest BCUT2D eigenvalue weighted by molar-refractivity contribution is -0.731.